The van der Waals surface area contributed by atoms with Gasteiger partial charge in [0.1, 0.15) is 12.4 Å². The van der Waals surface area contributed by atoms with Gasteiger partial charge < -0.3 is 23.9 Å². The minimum atomic E-state index is -0.425. The van der Waals surface area contributed by atoms with Gasteiger partial charge >= 0.3 is 0 Å². The number of nitrogens with zero attached hydrogens (tertiary/aromatic N) is 2. The molecule has 3 aromatic carbocycles. The van der Waals surface area contributed by atoms with Crippen LogP contribution in [0.1, 0.15) is 34.7 Å². The molecule has 1 unspecified atom stereocenters. The summed E-state index contributed by atoms with van der Waals surface area (Å²) in [6, 6.07) is 25.7. The number of fused-ring (bicyclic) bond motifs is 1. The van der Waals surface area contributed by atoms with Crippen molar-refractivity contribution in [3.8, 4) is 17.2 Å². The topological polar surface area (TPSA) is 74.1 Å². The van der Waals surface area contributed by atoms with Gasteiger partial charge in [0.05, 0.1) is 19.9 Å². The number of pyridine rings is 1. The molecule has 1 atom stereocenters. The molecule has 8 heteroatoms. The second-order valence-electron chi connectivity index (χ2n) is 9.62. The first kappa shape index (κ1) is 27.7. The molecule has 0 radical (unpaired) electrons. The van der Waals surface area contributed by atoms with Gasteiger partial charge in [-0.05, 0) is 59.5 Å². The van der Waals surface area contributed by atoms with Crippen LogP contribution in [0.2, 0.25) is 0 Å². The Morgan fingerprint density at radius 1 is 0.902 bits per heavy atom. The number of carbonyl (C=O) groups is 1. The van der Waals surface area contributed by atoms with Crippen LogP contribution in [0.5, 0.6) is 17.2 Å². The monoisotopic (exact) mass is 553 g/mol. The highest BCUT2D eigenvalue weighted by atomic mass is 19.1. The number of aromatic nitrogens is 2. The second-order valence-corrected chi connectivity index (χ2v) is 9.62. The van der Waals surface area contributed by atoms with Gasteiger partial charge in [0, 0.05) is 31.3 Å². The third-order valence-electron chi connectivity index (χ3n) is 6.95. The smallest absolute Gasteiger partial charge is 0.221 e. The zero-order valence-electron chi connectivity index (χ0n) is 23.0. The molecule has 0 fully saturated rings. The number of hydrogen-bond donors (Lipinski definition) is 1. The summed E-state index contributed by atoms with van der Waals surface area (Å²) in [7, 11) is 3.18. The highest BCUT2D eigenvalue weighted by molar-refractivity contribution is 5.77. The summed E-state index contributed by atoms with van der Waals surface area (Å²) in [4.78, 5) is 17.8. The van der Waals surface area contributed by atoms with Crippen LogP contribution in [0.25, 0.3) is 5.65 Å². The van der Waals surface area contributed by atoms with Crippen molar-refractivity contribution in [1.29, 1.82) is 0 Å². The third-order valence-corrected chi connectivity index (χ3v) is 6.95. The normalized spacial score (nSPS) is 11.7. The van der Waals surface area contributed by atoms with Crippen LogP contribution in [0.15, 0.2) is 97.3 Å². The molecule has 2 aromatic heterocycles. The van der Waals surface area contributed by atoms with E-state index >= 15 is 0 Å². The van der Waals surface area contributed by atoms with Crippen LogP contribution >= 0.6 is 0 Å². The van der Waals surface area contributed by atoms with E-state index in [-0.39, 0.29) is 18.1 Å². The molecule has 0 bridgehead atoms. The fourth-order valence-corrected chi connectivity index (χ4v) is 4.87. The molecule has 0 saturated heterocycles. The van der Waals surface area contributed by atoms with Crippen LogP contribution in [-0.2, 0) is 17.8 Å². The number of nitrogens with one attached hydrogen (secondary N) is 1. The van der Waals surface area contributed by atoms with Gasteiger partial charge in [-0.25, -0.2) is 9.37 Å². The second kappa shape index (κ2) is 13.0. The van der Waals surface area contributed by atoms with Gasteiger partial charge in [0.2, 0.25) is 5.91 Å². The Balaban J connectivity index is 1.34. The number of carbonyl (C=O) groups excluding carboxylic acids is 1. The molecular formula is C33H32FN3O4. The molecule has 1 N–H and O–H groups in total. The van der Waals surface area contributed by atoms with E-state index in [9.17, 15) is 9.18 Å². The lowest BCUT2D eigenvalue weighted by Gasteiger charge is -2.18. The average Bonchev–Trinajstić information content (AvgIpc) is 3.44. The first-order chi connectivity index (χ1) is 20.1. The predicted octanol–water partition coefficient (Wildman–Crippen LogP) is 5.95. The van der Waals surface area contributed by atoms with Crippen molar-refractivity contribution in [3.05, 3.63) is 126 Å². The zero-order chi connectivity index (χ0) is 28.6. The van der Waals surface area contributed by atoms with Gasteiger partial charge in [-0.2, -0.15) is 0 Å². The van der Waals surface area contributed by atoms with Gasteiger partial charge in [-0.15, -0.1) is 0 Å². The molecule has 1 amide bonds. The van der Waals surface area contributed by atoms with Gasteiger partial charge in [0.15, 0.2) is 22.9 Å². The van der Waals surface area contributed by atoms with Crippen molar-refractivity contribution in [3.63, 3.8) is 0 Å². The van der Waals surface area contributed by atoms with Crippen LogP contribution in [0.3, 0.4) is 0 Å². The van der Waals surface area contributed by atoms with Gasteiger partial charge in [-0.3, -0.25) is 4.79 Å². The van der Waals surface area contributed by atoms with E-state index < -0.39 is 5.92 Å². The van der Waals surface area contributed by atoms with Crippen LogP contribution in [-0.4, -0.2) is 36.1 Å². The molecule has 0 aliphatic heterocycles. The molecule has 7 nitrogen and oxygen atoms in total. The minimum absolute atomic E-state index is 0.123. The predicted molar refractivity (Wildman–Crippen MR) is 155 cm³/mol. The third kappa shape index (κ3) is 6.66. The molecule has 210 valence electrons. The lowest BCUT2D eigenvalue weighted by Crippen LogP contribution is -2.27. The minimum Gasteiger partial charge on any atom is -0.493 e. The maximum absolute atomic E-state index is 14.3. The summed E-state index contributed by atoms with van der Waals surface area (Å²) < 4.78 is 33.0. The molecule has 41 heavy (non-hydrogen) atoms. The van der Waals surface area contributed by atoms with Crippen molar-refractivity contribution in [2.24, 2.45) is 0 Å². The highest BCUT2D eigenvalue weighted by Crippen LogP contribution is 2.32. The number of benzene rings is 3. The maximum Gasteiger partial charge on any atom is 0.221 e. The standard InChI is InChI=1S/C33H32FN3O4/c1-39-29-14-13-23(18-31(29)40-2)15-16-35-32(38)20-27(25-10-6-11-26(34)19-25)28-21-36-33-30(12-7-17-37(28)33)41-22-24-8-4-3-5-9-24/h3-14,17-19,21,27H,15-16,20,22H2,1-2H3,(H,35,38). The lowest BCUT2D eigenvalue weighted by molar-refractivity contribution is -0.121. The summed E-state index contributed by atoms with van der Waals surface area (Å²) in [6.45, 7) is 0.841. The van der Waals surface area contributed by atoms with Crippen molar-refractivity contribution < 1.29 is 23.4 Å². The Morgan fingerprint density at radius 2 is 1.73 bits per heavy atom. The number of hydrogen-bond acceptors (Lipinski definition) is 5. The van der Waals surface area contributed by atoms with E-state index in [1.165, 1.54) is 12.1 Å². The molecule has 0 aliphatic rings. The Labute approximate surface area is 238 Å². The molecule has 2 heterocycles. The Bertz CT molecular complexity index is 1620. The van der Waals surface area contributed by atoms with Gasteiger partial charge in [-0.1, -0.05) is 48.5 Å². The molecule has 5 aromatic rings. The molecule has 5 rings (SSSR count). The van der Waals surface area contributed by atoms with E-state index in [1.54, 1.807) is 26.5 Å². The summed E-state index contributed by atoms with van der Waals surface area (Å²) >= 11 is 0. The van der Waals surface area contributed by atoms with Crippen molar-refractivity contribution in [2.75, 3.05) is 20.8 Å². The fraction of sp³-hybridized carbons (Fsp3) is 0.212. The average molecular weight is 554 g/mol. The Morgan fingerprint density at radius 3 is 2.51 bits per heavy atom. The number of amides is 1. The number of methoxy groups -OCH3 is 2. The SMILES string of the molecule is COc1ccc(CCNC(=O)CC(c2cccc(F)c2)c2cnc3c(OCc4ccccc4)cccn23)cc1OC. The highest BCUT2D eigenvalue weighted by Gasteiger charge is 2.23. The molecule has 0 aliphatic carbocycles. The number of halogens is 1. The number of rotatable bonds is 12. The van der Waals surface area contributed by atoms with E-state index in [0.29, 0.717) is 48.0 Å². The van der Waals surface area contributed by atoms with Crippen LogP contribution < -0.4 is 19.5 Å². The summed E-state index contributed by atoms with van der Waals surface area (Å²) in [5, 5.41) is 3.01. The van der Waals surface area contributed by atoms with Crippen molar-refractivity contribution in [2.45, 2.75) is 25.4 Å². The lowest BCUT2D eigenvalue weighted by atomic mass is 9.92. The number of imidazole rings is 1. The fourth-order valence-electron chi connectivity index (χ4n) is 4.87. The first-order valence-electron chi connectivity index (χ1n) is 13.4. The quantitative estimate of drug-likeness (QED) is 0.207. The van der Waals surface area contributed by atoms with Crippen LogP contribution in [0.4, 0.5) is 4.39 Å². The van der Waals surface area contributed by atoms with E-state index in [1.807, 2.05) is 77.3 Å². The Kier molecular flexibility index (Phi) is 8.79. The van der Waals surface area contributed by atoms with Crippen molar-refractivity contribution >= 4 is 11.6 Å². The largest absolute Gasteiger partial charge is 0.493 e. The summed E-state index contributed by atoms with van der Waals surface area (Å²) in [5.74, 6) is 0.987. The number of ether oxygens (including phenoxy) is 3. The summed E-state index contributed by atoms with van der Waals surface area (Å²) in [5.41, 5.74) is 4.15. The van der Waals surface area contributed by atoms with Gasteiger partial charge in [0.25, 0.3) is 0 Å². The molecule has 0 saturated carbocycles. The van der Waals surface area contributed by atoms with E-state index in [4.69, 9.17) is 14.2 Å². The van der Waals surface area contributed by atoms with Crippen molar-refractivity contribution in [1.82, 2.24) is 14.7 Å². The zero-order valence-corrected chi connectivity index (χ0v) is 23.0. The molecule has 0 spiro atoms. The van der Waals surface area contributed by atoms with E-state index in [2.05, 4.69) is 10.3 Å². The first-order valence-corrected chi connectivity index (χ1v) is 13.4. The van der Waals surface area contributed by atoms with Crippen LogP contribution in [0, 0.1) is 5.82 Å². The molecular weight excluding hydrogens is 521 g/mol. The van der Waals surface area contributed by atoms with E-state index in [0.717, 1.165) is 16.8 Å². The Hall–Kier alpha value is -4.85. The maximum atomic E-state index is 14.3. The summed E-state index contributed by atoms with van der Waals surface area (Å²) in [6.07, 6.45) is 4.36.